The van der Waals surface area contributed by atoms with Crippen molar-refractivity contribution < 1.29 is 14.7 Å². The Morgan fingerprint density at radius 1 is 1.44 bits per heavy atom. The molecule has 1 saturated heterocycles. The summed E-state index contributed by atoms with van der Waals surface area (Å²) in [7, 11) is 0. The van der Waals surface area contributed by atoms with E-state index in [1.165, 1.54) is 0 Å². The zero-order valence-corrected chi connectivity index (χ0v) is 11.3. The van der Waals surface area contributed by atoms with E-state index in [9.17, 15) is 9.59 Å². The van der Waals surface area contributed by atoms with Crippen LogP contribution in [0.15, 0.2) is 0 Å². The normalized spacial score (nSPS) is 22.8. The number of amides is 1. The Kier molecular flexibility index (Phi) is 5.55. The summed E-state index contributed by atoms with van der Waals surface area (Å²) in [6, 6.07) is -1.04. The molecule has 0 aromatic carbocycles. The molecule has 2 atom stereocenters. The van der Waals surface area contributed by atoms with Crippen LogP contribution < -0.4 is 10.6 Å². The van der Waals surface area contributed by atoms with Crippen LogP contribution in [-0.2, 0) is 9.59 Å². The number of piperazine rings is 1. The number of rotatable bonds is 5. The van der Waals surface area contributed by atoms with Crippen molar-refractivity contribution in [2.45, 2.75) is 32.9 Å². The van der Waals surface area contributed by atoms with Crippen molar-refractivity contribution in [1.82, 2.24) is 15.5 Å². The molecule has 1 heterocycles. The average Bonchev–Trinajstić information content (AvgIpc) is 2.34. The maximum Gasteiger partial charge on any atom is 0.322 e. The van der Waals surface area contributed by atoms with Crippen LogP contribution in [0.25, 0.3) is 0 Å². The fourth-order valence-electron chi connectivity index (χ4n) is 2.02. The first kappa shape index (κ1) is 14.9. The molecule has 0 spiro atoms. The molecular weight excluding hydrogens is 234 g/mol. The molecule has 0 aliphatic carbocycles. The Morgan fingerprint density at radius 3 is 2.67 bits per heavy atom. The second-order valence-corrected chi connectivity index (χ2v) is 5.11. The van der Waals surface area contributed by atoms with Gasteiger partial charge in [0.05, 0.1) is 6.04 Å². The summed E-state index contributed by atoms with van der Waals surface area (Å²) in [6.07, 6.45) is 0. The van der Waals surface area contributed by atoms with E-state index in [0.717, 1.165) is 0 Å². The predicted octanol–water partition coefficient (Wildman–Crippen LogP) is -0.494. The molecule has 0 saturated carbocycles. The minimum atomic E-state index is -0.884. The number of carbonyl (C=O) groups is 2. The van der Waals surface area contributed by atoms with Crippen LogP contribution in [0.2, 0.25) is 0 Å². The van der Waals surface area contributed by atoms with Gasteiger partial charge in [-0.05, 0) is 12.8 Å². The summed E-state index contributed by atoms with van der Waals surface area (Å²) < 4.78 is 0. The van der Waals surface area contributed by atoms with Crippen molar-refractivity contribution in [1.29, 1.82) is 0 Å². The highest BCUT2D eigenvalue weighted by Gasteiger charge is 2.34. The van der Waals surface area contributed by atoms with E-state index in [-0.39, 0.29) is 5.91 Å². The van der Waals surface area contributed by atoms with E-state index in [0.29, 0.717) is 32.1 Å². The fraction of sp³-hybridized carbons (Fsp3) is 0.833. The van der Waals surface area contributed by atoms with Crippen LogP contribution >= 0.6 is 0 Å². The molecule has 104 valence electrons. The Hall–Kier alpha value is -1.14. The standard InChI is InChI=1S/C12H23N3O3/c1-8(2)6-14-11(16)9(3)15-5-4-13-7-10(15)12(17)18/h8-10,13H,4-7H2,1-3H3,(H,14,16)(H,17,18). The van der Waals surface area contributed by atoms with Gasteiger partial charge in [0, 0.05) is 26.2 Å². The van der Waals surface area contributed by atoms with Crippen molar-refractivity contribution >= 4 is 11.9 Å². The molecular formula is C12H23N3O3. The lowest BCUT2D eigenvalue weighted by atomic mass is 10.1. The third-order valence-corrected chi connectivity index (χ3v) is 3.13. The Bertz CT molecular complexity index is 307. The fourth-order valence-corrected chi connectivity index (χ4v) is 2.02. The third kappa shape index (κ3) is 3.96. The van der Waals surface area contributed by atoms with Gasteiger partial charge in [-0.2, -0.15) is 0 Å². The minimum absolute atomic E-state index is 0.100. The van der Waals surface area contributed by atoms with Crippen LogP contribution in [0.4, 0.5) is 0 Å². The largest absolute Gasteiger partial charge is 0.480 e. The summed E-state index contributed by atoms with van der Waals surface area (Å²) in [5, 5.41) is 15.0. The number of hydrogen-bond acceptors (Lipinski definition) is 4. The molecule has 0 aromatic heterocycles. The van der Waals surface area contributed by atoms with Gasteiger partial charge in [0.2, 0.25) is 5.91 Å². The molecule has 2 unspecified atom stereocenters. The average molecular weight is 257 g/mol. The molecule has 18 heavy (non-hydrogen) atoms. The summed E-state index contributed by atoms with van der Waals surface area (Å²) >= 11 is 0. The molecule has 6 heteroatoms. The van der Waals surface area contributed by atoms with E-state index in [4.69, 9.17) is 5.11 Å². The number of carboxylic acid groups (broad SMARTS) is 1. The highest BCUT2D eigenvalue weighted by molar-refractivity contribution is 5.82. The maximum atomic E-state index is 11.9. The van der Waals surface area contributed by atoms with Crippen molar-refractivity contribution in [3.8, 4) is 0 Å². The van der Waals surface area contributed by atoms with Crippen LogP contribution in [0.3, 0.4) is 0 Å². The first-order valence-corrected chi connectivity index (χ1v) is 6.40. The topological polar surface area (TPSA) is 81.7 Å². The molecule has 0 radical (unpaired) electrons. The van der Waals surface area contributed by atoms with E-state index < -0.39 is 18.1 Å². The van der Waals surface area contributed by atoms with Crippen LogP contribution in [-0.4, -0.2) is 60.1 Å². The van der Waals surface area contributed by atoms with Crippen LogP contribution in [0, 0.1) is 5.92 Å². The molecule has 0 aromatic rings. The second-order valence-electron chi connectivity index (χ2n) is 5.11. The third-order valence-electron chi connectivity index (χ3n) is 3.13. The predicted molar refractivity (Wildman–Crippen MR) is 68.3 cm³/mol. The number of carbonyl (C=O) groups excluding carboxylic acids is 1. The number of aliphatic carboxylic acids is 1. The van der Waals surface area contributed by atoms with E-state index in [2.05, 4.69) is 10.6 Å². The van der Waals surface area contributed by atoms with Crippen molar-refractivity contribution in [3.05, 3.63) is 0 Å². The summed E-state index contributed by atoms with van der Waals surface area (Å²) in [6.45, 7) is 8.10. The van der Waals surface area contributed by atoms with E-state index in [1.807, 2.05) is 13.8 Å². The summed E-state index contributed by atoms with van der Waals surface area (Å²) in [5.41, 5.74) is 0. The summed E-state index contributed by atoms with van der Waals surface area (Å²) in [4.78, 5) is 24.8. The Labute approximate surface area is 108 Å². The van der Waals surface area contributed by atoms with Gasteiger partial charge >= 0.3 is 5.97 Å². The van der Waals surface area contributed by atoms with E-state index >= 15 is 0 Å². The quantitative estimate of drug-likeness (QED) is 0.619. The van der Waals surface area contributed by atoms with Gasteiger partial charge in [0.1, 0.15) is 6.04 Å². The van der Waals surface area contributed by atoms with Gasteiger partial charge in [0.15, 0.2) is 0 Å². The molecule has 1 rings (SSSR count). The molecule has 0 bridgehead atoms. The van der Waals surface area contributed by atoms with Crippen molar-refractivity contribution in [3.63, 3.8) is 0 Å². The maximum absolute atomic E-state index is 11.9. The summed E-state index contributed by atoms with van der Waals surface area (Å²) in [5.74, 6) is -0.595. The zero-order valence-electron chi connectivity index (χ0n) is 11.3. The van der Waals surface area contributed by atoms with Crippen molar-refractivity contribution in [2.75, 3.05) is 26.2 Å². The lowest BCUT2D eigenvalue weighted by molar-refractivity contribution is -0.146. The van der Waals surface area contributed by atoms with Gasteiger partial charge in [-0.3, -0.25) is 14.5 Å². The number of nitrogens with one attached hydrogen (secondary N) is 2. The number of nitrogens with zero attached hydrogens (tertiary/aromatic N) is 1. The molecule has 1 aliphatic heterocycles. The zero-order chi connectivity index (χ0) is 13.7. The van der Waals surface area contributed by atoms with Crippen LogP contribution in [0.1, 0.15) is 20.8 Å². The van der Waals surface area contributed by atoms with Gasteiger partial charge in [-0.1, -0.05) is 13.8 Å². The van der Waals surface area contributed by atoms with E-state index in [1.54, 1.807) is 11.8 Å². The first-order chi connectivity index (χ1) is 8.43. The van der Waals surface area contributed by atoms with Gasteiger partial charge < -0.3 is 15.7 Å². The lowest BCUT2D eigenvalue weighted by Crippen LogP contribution is -2.60. The van der Waals surface area contributed by atoms with Gasteiger partial charge in [-0.25, -0.2) is 0 Å². The number of hydrogen-bond donors (Lipinski definition) is 3. The molecule has 1 fully saturated rings. The SMILES string of the molecule is CC(C)CNC(=O)C(C)N1CCNCC1C(=O)O. The Balaban J connectivity index is 2.59. The highest BCUT2D eigenvalue weighted by Crippen LogP contribution is 2.09. The van der Waals surface area contributed by atoms with Crippen LogP contribution in [0.5, 0.6) is 0 Å². The first-order valence-electron chi connectivity index (χ1n) is 6.40. The Morgan fingerprint density at radius 2 is 2.11 bits per heavy atom. The lowest BCUT2D eigenvalue weighted by Gasteiger charge is -2.37. The smallest absolute Gasteiger partial charge is 0.322 e. The molecule has 6 nitrogen and oxygen atoms in total. The van der Waals surface area contributed by atoms with Gasteiger partial charge in [-0.15, -0.1) is 0 Å². The minimum Gasteiger partial charge on any atom is -0.480 e. The monoisotopic (exact) mass is 257 g/mol. The molecule has 3 N–H and O–H groups in total. The molecule has 1 aliphatic rings. The van der Waals surface area contributed by atoms with Gasteiger partial charge in [0.25, 0.3) is 0 Å². The molecule has 1 amide bonds. The number of carboxylic acids is 1. The highest BCUT2D eigenvalue weighted by atomic mass is 16.4. The second kappa shape index (κ2) is 6.70. The van der Waals surface area contributed by atoms with Crippen molar-refractivity contribution in [2.24, 2.45) is 5.92 Å².